The summed E-state index contributed by atoms with van der Waals surface area (Å²) in [4.78, 5) is 10.6. The van der Waals surface area contributed by atoms with Crippen molar-refractivity contribution in [3.05, 3.63) is 35.4 Å². The summed E-state index contributed by atoms with van der Waals surface area (Å²) in [5.74, 6) is -0.804. The fraction of sp³-hybridized carbons (Fsp3) is 0.364. The number of carboxylic acids is 1. The Morgan fingerprint density at radius 2 is 2.00 bits per heavy atom. The first-order valence-electron chi connectivity index (χ1n) is 4.93. The van der Waals surface area contributed by atoms with E-state index in [1.807, 2.05) is 24.3 Å². The number of nitrogens with two attached hydrogens (primary N) is 1. The van der Waals surface area contributed by atoms with Crippen molar-refractivity contribution in [1.29, 1.82) is 0 Å². The molecule has 0 aliphatic rings. The number of aliphatic carboxylic acids is 1. The van der Waals surface area contributed by atoms with Crippen LogP contribution in [-0.2, 0) is 17.8 Å². The van der Waals surface area contributed by atoms with Crippen molar-refractivity contribution in [2.75, 3.05) is 13.1 Å². The predicted molar refractivity (Wildman–Crippen MR) is 58.5 cm³/mol. The molecule has 1 rings (SSSR count). The van der Waals surface area contributed by atoms with Crippen LogP contribution in [0.2, 0.25) is 0 Å². The maximum atomic E-state index is 10.6. The van der Waals surface area contributed by atoms with Crippen molar-refractivity contribution in [3.8, 4) is 0 Å². The second kappa shape index (κ2) is 6.16. The fourth-order valence-electron chi connectivity index (χ4n) is 1.39. The average Bonchev–Trinajstić information content (AvgIpc) is 2.20. The van der Waals surface area contributed by atoms with Gasteiger partial charge in [0, 0.05) is 19.6 Å². The molecule has 4 N–H and O–H groups in total. The number of carbonyl (C=O) groups is 1. The fourth-order valence-corrected chi connectivity index (χ4v) is 1.39. The van der Waals surface area contributed by atoms with Crippen molar-refractivity contribution in [2.45, 2.75) is 13.0 Å². The third-order valence-electron chi connectivity index (χ3n) is 2.10. The summed E-state index contributed by atoms with van der Waals surface area (Å²) in [6, 6.07) is 7.53. The van der Waals surface area contributed by atoms with Crippen LogP contribution in [0.5, 0.6) is 0 Å². The van der Waals surface area contributed by atoms with E-state index < -0.39 is 5.97 Å². The van der Waals surface area contributed by atoms with Gasteiger partial charge in [0.15, 0.2) is 0 Å². The summed E-state index contributed by atoms with van der Waals surface area (Å²) in [6.07, 6.45) is 0.0699. The molecule has 0 amide bonds. The molecule has 0 saturated heterocycles. The molecule has 0 bridgehead atoms. The summed E-state index contributed by atoms with van der Waals surface area (Å²) < 4.78 is 0. The van der Waals surface area contributed by atoms with Crippen molar-refractivity contribution in [3.63, 3.8) is 0 Å². The first-order chi connectivity index (χ1) is 7.24. The topological polar surface area (TPSA) is 75.3 Å². The molecule has 0 saturated carbocycles. The number of hydrogen-bond donors (Lipinski definition) is 3. The highest BCUT2D eigenvalue weighted by atomic mass is 16.4. The minimum atomic E-state index is -0.804. The Balaban J connectivity index is 2.64. The molecule has 0 radical (unpaired) electrons. The molecule has 0 spiro atoms. The van der Waals surface area contributed by atoms with Gasteiger partial charge in [-0.3, -0.25) is 4.79 Å². The largest absolute Gasteiger partial charge is 0.481 e. The van der Waals surface area contributed by atoms with E-state index >= 15 is 0 Å². The first kappa shape index (κ1) is 11.7. The highest BCUT2D eigenvalue weighted by Gasteiger charge is 2.05. The normalized spacial score (nSPS) is 10.2. The molecule has 82 valence electrons. The maximum Gasteiger partial charge on any atom is 0.307 e. The van der Waals surface area contributed by atoms with Crippen LogP contribution in [0, 0.1) is 0 Å². The Kier molecular flexibility index (Phi) is 4.80. The molecule has 0 aromatic heterocycles. The number of hydrogen-bond acceptors (Lipinski definition) is 3. The second-order valence-corrected chi connectivity index (χ2v) is 3.30. The highest BCUT2D eigenvalue weighted by molar-refractivity contribution is 5.70. The van der Waals surface area contributed by atoms with E-state index in [1.54, 1.807) is 0 Å². The third kappa shape index (κ3) is 4.10. The Bertz CT molecular complexity index is 326. The van der Waals surface area contributed by atoms with Crippen LogP contribution in [0.1, 0.15) is 11.1 Å². The zero-order valence-electron chi connectivity index (χ0n) is 8.57. The van der Waals surface area contributed by atoms with E-state index in [9.17, 15) is 4.79 Å². The van der Waals surface area contributed by atoms with Crippen LogP contribution in [0.4, 0.5) is 0 Å². The van der Waals surface area contributed by atoms with Crippen LogP contribution < -0.4 is 11.1 Å². The van der Waals surface area contributed by atoms with Crippen LogP contribution in [0.15, 0.2) is 24.3 Å². The van der Waals surface area contributed by atoms with Gasteiger partial charge in [0.05, 0.1) is 6.42 Å². The molecule has 4 nitrogen and oxygen atoms in total. The highest BCUT2D eigenvalue weighted by Crippen LogP contribution is 2.09. The van der Waals surface area contributed by atoms with Crippen LogP contribution in [0.3, 0.4) is 0 Å². The Morgan fingerprint density at radius 3 is 2.60 bits per heavy atom. The molecule has 1 aromatic rings. The van der Waals surface area contributed by atoms with E-state index in [-0.39, 0.29) is 6.42 Å². The van der Waals surface area contributed by atoms with Crippen LogP contribution in [0.25, 0.3) is 0 Å². The van der Waals surface area contributed by atoms with E-state index in [0.29, 0.717) is 13.1 Å². The van der Waals surface area contributed by atoms with Crippen molar-refractivity contribution in [1.82, 2.24) is 5.32 Å². The van der Waals surface area contributed by atoms with Gasteiger partial charge in [-0.15, -0.1) is 0 Å². The molecule has 15 heavy (non-hydrogen) atoms. The van der Waals surface area contributed by atoms with Gasteiger partial charge in [-0.2, -0.15) is 0 Å². The minimum absolute atomic E-state index is 0.0699. The van der Waals surface area contributed by atoms with E-state index in [2.05, 4.69) is 5.32 Å². The maximum absolute atomic E-state index is 10.6. The number of benzene rings is 1. The molecule has 0 unspecified atom stereocenters. The van der Waals surface area contributed by atoms with Gasteiger partial charge in [-0.1, -0.05) is 24.3 Å². The van der Waals surface area contributed by atoms with Crippen LogP contribution in [-0.4, -0.2) is 24.2 Å². The van der Waals surface area contributed by atoms with Gasteiger partial charge in [0.2, 0.25) is 0 Å². The van der Waals surface area contributed by atoms with Gasteiger partial charge in [-0.25, -0.2) is 0 Å². The third-order valence-corrected chi connectivity index (χ3v) is 2.10. The van der Waals surface area contributed by atoms with Gasteiger partial charge in [0.1, 0.15) is 0 Å². The van der Waals surface area contributed by atoms with Crippen molar-refractivity contribution < 1.29 is 9.90 Å². The molecule has 0 fully saturated rings. The summed E-state index contributed by atoms with van der Waals surface area (Å²) in [5, 5.41) is 11.9. The van der Waals surface area contributed by atoms with Gasteiger partial charge in [-0.05, 0) is 11.1 Å². The lowest BCUT2D eigenvalue weighted by Crippen LogP contribution is -2.22. The molecule has 4 heteroatoms. The monoisotopic (exact) mass is 208 g/mol. The standard InChI is InChI=1S/C11H16N2O2/c12-5-6-13-8-10-4-2-1-3-9(10)7-11(14)15/h1-4,13H,5-8,12H2,(H,14,15). The lowest BCUT2D eigenvalue weighted by Gasteiger charge is -2.08. The summed E-state index contributed by atoms with van der Waals surface area (Å²) in [6.45, 7) is 1.99. The summed E-state index contributed by atoms with van der Waals surface area (Å²) >= 11 is 0. The predicted octanol–water partition coefficient (Wildman–Crippen LogP) is 0.362. The lowest BCUT2D eigenvalue weighted by atomic mass is 10.0. The number of nitrogens with one attached hydrogen (secondary N) is 1. The Hall–Kier alpha value is -1.39. The van der Waals surface area contributed by atoms with Crippen molar-refractivity contribution >= 4 is 5.97 Å². The molecular formula is C11H16N2O2. The quantitative estimate of drug-likeness (QED) is 0.590. The second-order valence-electron chi connectivity index (χ2n) is 3.30. The number of carboxylic acid groups (broad SMARTS) is 1. The average molecular weight is 208 g/mol. The zero-order valence-corrected chi connectivity index (χ0v) is 8.57. The van der Waals surface area contributed by atoms with E-state index in [1.165, 1.54) is 0 Å². The molecule has 1 aromatic carbocycles. The minimum Gasteiger partial charge on any atom is -0.481 e. The molecule has 0 atom stereocenters. The molecule has 0 aliphatic carbocycles. The zero-order chi connectivity index (χ0) is 11.1. The Morgan fingerprint density at radius 1 is 1.33 bits per heavy atom. The Labute approximate surface area is 89.1 Å². The van der Waals surface area contributed by atoms with Gasteiger partial charge in [0.25, 0.3) is 0 Å². The summed E-state index contributed by atoms with van der Waals surface area (Å²) in [7, 11) is 0. The molecule has 0 aliphatic heterocycles. The first-order valence-corrected chi connectivity index (χ1v) is 4.93. The van der Waals surface area contributed by atoms with Crippen LogP contribution >= 0.6 is 0 Å². The molecule has 0 heterocycles. The smallest absolute Gasteiger partial charge is 0.307 e. The number of rotatable bonds is 6. The van der Waals surface area contributed by atoms with E-state index in [4.69, 9.17) is 10.8 Å². The van der Waals surface area contributed by atoms with Gasteiger partial charge >= 0.3 is 5.97 Å². The SMILES string of the molecule is NCCNCc1ccccc1CC(=O)O. The lowest BCUT2D eigenvalue weighted by molar-refractivity contribution is -0.136. The summed E-state index contributed by atoms with van der Waals surface area (Å²) in [5.41, 5.74) is 7.23. The van der Waals surface area contributed by atoms with E-state index in [0.717, 1.165) is 17.7 Å². The molecular weight excluding hydrogens is 192 g/mol. The van der Waals surface area contributed by atoms with Crippen molar-refractivity contribution in [2.24, 2.45) is 5.73 Å². The van der Waals surface area contributed by atoms with Gasteiger partial charge < -0.3 is 16.2 Å².